The normalized spacial score (nSPS) is 15.2. The van der Waals surface area contributed by atoms with E-state index in [0.717, 1.165) is 31.2 Å². The van der Waals surface area contributed by atoms with Crippen molar-refractivity contribution >= 4 is 14.3 Å². The molecule has 0 fully saturated rings. The molecule has 0 bridgehead atoms. The van der Waals surface area contributed by atoms with Crippen molar-refractivity contribution in [3.63, 3.8) is 0 Å². The van der Waals surface area contributed by atoms with E-state index in [0.29, 0.717) is 12.0 Å². The van der Waals surface area contributed by atoms with Crippen molar-refractivity contribution in [1.82, 2.24) is 0 Å². The van der Waals surface area contributed by atoms with E-state index >= 15 is 0 Å². The van der Waals surface area contributed by atoms with Crippen molar-refractivity contribution in [2.24, 2.45) is 0 Å². The van der Waals surface area contributed by atoms with Crippen LogP contribution in [0.15, 0.2) is 24.3 Å². The Kier molecular flexibility index (Phi) is 10.4. The van der Waals surface area contributed by atoms with Gasteiger partial charge in [0.15, 0.2) is 8.32 Å². The van der Waals surface area contributed by atoms with Gasteiger partial charge in [-0.05, 0) is 63.4 Å². The number of unbranched alkanes of at least 4 members (excludes halogenated alkanes) is 4. The van der Waals surface area contributed by atoms with Crippen molar-refractivity contribution in [1.29, 1.82) is 0 Å². The molecule has 0 spiro atoms. The maximum Gasteiger partial charge on any atom is 0.353 e. The lowest BCUT2D eigenvalue weighted by atomic mass is 9.88. The molecule has 4 nitrogen and oxygen atoms in total. The predicted molar refractivity (Wildman–Crippen MR) is 140 cm³/mol. The number of aryl methyl sites for hydroxylation is 1. The molecule has 0 amide bonds. The Morgan fingerprint density at radius 2 is 1.67 bits per heavy atom. The second-order valence-electron chi connectivity index (χ2n) is 11.5. The molecule has 33 heavy (non-hydrogen) atoms. The van der Waals surface area contributed by atoms with Gasteiger partial charge in [-0.1, -0.05) is 83.1 Å². The number of benzene rings is 1. The Morgan fingerprint density at radius 3 is 2.18 bits per heavy atom. The minimum atomic E-state index is -2.54. The van der Waals surface area contributed by atoms with Gasteiger partial charge in [-0.2, -0.15) is 0 Å². The number of carbonyl (C=O) groups is 1. The van der Waals surface area contributed by atoms with E-state index in [4.69, 9.17) is 9.16 Å². The van der Waals surface area contributed by atoms with Gasteiger partial charge in [-0.15, -0.1) is 0 Å². The van der Waals surface area contributed by atoms with E-state index in [1.165, 1.54) is 0 Å². The van der Waals surface area contributed by atoms with Crippen molar-refractivity contribution in [2.45, 2.75) is 123 Å². The molecule has 0 aromatic heterocycles. The van der Waals surface area contributed by atoms with Crippen molar-refractivity contribution < 1.29 is 19.1 Å². The number of aliphatic hydroxyl groups excluding tert-OH is 1. The first-order chi connectivity index (χ1) is 15.1. The summed E-state index contributed by atoms with van der Waals surface area (Å²) in [5.41, 5.74) is -1.04. The molecule has 1 rings (SSSR count). The van der Waals surface area contributed by atoms with Crippen molar-refractivity contribution in [3.05, 3.63) is 35.4 Å². The fourth-order valence-corrected chi connectivity index (χ4v) is 4.57. The van der Waals surface area contributed by atoms with E-state index < -0.39 is 31.6 Å². The Balaban J connectivity index is 3.66. The van der Waals surface area contributed by atoms with E-state index in [2.05, 4.69) is 52.6 Å². The molecular weight excluding hydrogens is 428 g/mol. The smallest absolute Gasteiger partial charge is 0.353 e. The lowest BCUT2D eigenvalue weighted by Crippen LogP contribution is -2.57. The molecule has 0 radical (unpaired) electrons. The topological polar surface area (TPSA) is 55.8 Å². The summed E-state index contributed by atoms with van der Waals surface area (Å²) in [6.07, 6.45) is 3.72. The molecule has 0 heterocycles. The summed E-state index contributed by atoms with van der Waals surface area (Å²) in [5.74, 6) is 5.68. The summed E-state index contributed by atoms with van der Waals surface area (Å²) < 4.78 is 12.6. The number of rotatable bonds is 9. The first kappa shape index (κ1) is 29.4. The van der Waals surface area contributed by atoms with Gasteiger partial charge >= 0.3 is 5.97 Å². The lowest BCUT2D eigenvalue weighted by Gasteiger charge is -2.44. The third kappa shape index (κ3) is 8.28. The van der Waals surface area contributed by atoms with Crippen LogP contribution in [-0.2, 0) is 14.0 Å². The average Bonchev–Trinajstić information content (AvgIpc) is 2.67. The van der Waals surface area contributed by atoms with E-state index in [1.807, 2.05) is 52.0 Å². The van der Waals surface area contributed by atoms with Gasteiger partial charge in [0, 0.05) is 6.42 Å². The third-order valence-corrected chi connectivity index (χ3v) is 10.7. The highest BCUT2D eigenvalue weighted by atomic mass is 28.4. The first-order valence-electron chi connectivity index (χ1n) is 12.2. The number of ether oxygens (including phenoxy) is 1. The number of esters is 1. The monoisotopic (exact) mass is 474 g/mol. The number of hydrogen-bond acceptors (Lipinski definition) is 4. The highest BCUT2D eigenvalue weighted by molar-refractivity contribution is 6.74. The Bertz CT molecular complexity index is 836. The molecule has 186 valence electrons. The van der Waals surface area contributed by atoms with Gasteiger partial charge in [0.05, 0.1) is 0 Å². The van der Waals surface area contributed by atoms with Crippen LogP contribution in [0.2, 0.25) is 18.1 Å². The summed E-state index contributed by atoms with van der Waals surface area (Å²) in [7, 11) is -2.54. The quantitative estimate of drug-likeness (QED) is 0.179. The molecule has 0 aliphatic carbocycles. The molecule has 5 heteroatoms. The fraction of sp³-hybridized carbons (Fsp3) is 0.679. The van der Waals surface area contributed by atoms with E-state index in [1.54, 1.807) is 0 Å². The highest BCUT2D eigenvalue weighted by Gasteiger charge is 2.55. The van der Waals surface area contributed by atoms with Gasteiger partial charge in [0.1, 0.15) is 11.7 Å². The van der Waals surface area contributed by atoms with Crippen LogP contribution in [0.25, 0.3) is 0 Å². The van der Waals surface area contributed by atoms with Crippen LogP contribution in [0, 0.1) is 18.8 Å². The molecular formula is C28H46O4Si. The Labute approximate surface area is 203 Å². The van der Waals surface area contributed by atoms with Gasteiger partial charge in [0.25, 0.3) is 0 Å². The van der Waals surface area contributed by atoms with Crippen LogP contribution in [0.5, 0.6) is 0 Å². The molecule has 0 unspecified atom stereocenters. The van der Waals surface area contributed by atoms with Gasteiger partial charge in [-0.3, -0.25) is 0 Å². The SMILES string of the molecule is CCCCCCC#C[C@@](O[Si](C)(C)C(C)(C)C)(C(=O)OC(C)(C)C)[C@H](O)c1ccccc1C. The molecule has 0 saturated carbocycles. The molecule has 0 aliphatic rings. The number of hydrogen-bond donors (Lipinski definition) is 1. The average molecular weight is 475 g/mol. The predicted octanol–water partition coefficient (Wildman–Crippen LogP) is 7.10. The molecule has 2 atom stereocenters. The zero-order valence-electron chi connectivity index (χ0n) is 22.6. The minimum absolute atomic E-state index is 0.186. The van der Waals surface area contributed by atoms with Gasteiger partial charge < -0.3 is 14.3 Å². The first-order valence-corrected chi connectivity index (χ1v) is 15.2. The zero-order chi connectivity index (χ0) is 25.5. The Morgan fingerprint density at radius 1 is 1.06 bits per heavy atom. The molecule has 1 aromatic carbocycles. The summed E-state index contributed by atoms with van der Waals surface area (Å²) in [6.45, 7) is 20.0. The lowest BCUT2D eigenvalue weighted by molar-refractivity contribution is -0.178. The summed E-state index contributed by atoms with van der Waals surface area (Å²) in [4.78, 5) is 13.8. The summed E-state index contributed by atoms with van der Waals surface area (Å²) in [5, 5.41) is 11.6. The van der Waals surface area contributed by atoms with E-state index in [9.17, 15) is 9.90 Å². The van der Waals surface area contributed by atoms with E-state index in [-0.39, 0.29) is 5.04 Å². The standard InChI is InChI=1S/C28H46O4Si/c1-11-12-13-14-15-18-21-28(25(30)31-26(3,4)5,32-33(9,10)27(6,7)8)24(29)23-20-17-16-19-22(23)2/h16-17,19-20,24,29H,11-15H2,1-10H3/t24-,28+/m1/s1. The van der Waals surface area contributed by atoms with Crippen LogP contribution in [0.3, 0.4) is 0 Å². The Hall–Kier alpha value is -1.61. The van der Waals surface area contributed by atoms with Crippen molar-refractivity contribution in [2.75, 3.05) is 0 Å². The minimum Gasteiger partial charge on any atom is -0.457 e. The number of carbonyl (C=O) groups excluding carboxylic acids is 1. The third-order valence-electron chi connectivity index (χ3n) is 6.22. The maximum absolute atomic E-state index is 13.8. The van der Waals surface area contributed by atoms with Gasteiger partial charge in [0.2, 0.25) is 5.60 Å². The zero-order valence-corrected chi connectivity index (χ0v) is 23.6. The molecule has 0 aliphatic heterocycles. The van der Waals surface area contributed by atoms with Crippen LogP contribution >= 0.6 is 0 Å². The van der Waals surface area contributed by atoms with Gasteiger partial charge in [-0.25, -0.2) is 4.79 Å². The second kappa shape index (κ2) is 11.7. The van der Waals surface area contributed by atoms with Crippen LogP contribution in [-0.4, -0.2) is 30.6 Å². The highest BCUT2D eigenvalue weighted by Crippen LogP contribution is 2.43. The fourth-order valence-electron chi connectivity index (χ4n) is 3.21. The summed E-state index contributed by atoms with van der Waals surface area (Å²) >= 11 is 0. The molecule has 0 saturated heterocycles. The van der Waals surface area contributed by atoms with Crippen molar-refractivity contribution in [3.8, 4) is 11.8 Å². The summed E-state index contributed by atoms with van der Waals surface area (Å²) in [6, 6.07) is 7.52. The largest absolute Gasteiger partial charge is 0.457 e. The van der Waals surface area contributed by atoms with Crippen LogP contribution in [0.1, 0.15) is 97.8 Å². The number of aliphatic hydroxyl groups is 1. The second-order valence-corrected chi connectivity index (χ2v) is 16.2. The molecule has 1 N–H and O–H groups in total. The van der Waals surface area contributed by atoms with Crippen LogP contribution in [0.4, 0.5) is 0 Å². The maximum atomic E-state index is 13.8. The van der Waals surface area contributed by atoms with Crippen LogP contribution < -0.4 is 0 Å². The molecule has 1 aromatic rings.